The summed E-state index contributed by atoms with van der Waals surface area (Å²) < 4.78 is 78.9. The molecule has 7 heteroatoms. The fraction of sp³-hybridized carbons (Fsp3) is 0.0769. The lowest BCUT2D eigenvalue weighted by Gasteiger charge is -2.13. The number of hydrogen-bond acceptors (Lipinski definition) is 0. The van der Waals surface area contributed by atoms with Crippen LogP contribution in [0.25, 0.3) is 0 Å². The van der Waals surface area contributed by atoms with E-state index < -0.39 is 50.9 Å². The number of alkyl halides is 1. The Hall–Kier alpha value is -1.50. The van der Waals surface area contributed by atoms with Gasteiger partial charge >= 0.3 is 0 Å². The van der Waals surface area contributed by atoms with Gasteiger partial charge in [-0.2, -0.15) is 0 Å². The molecule has 0 aromatic heterocycles. The van der Waals surface area contributed by atoms with Crippen LogP contribution in [0.1, 0.15) is 16.0 Å². The van der Waals surface area contributed by atoms with Crippen molar-refractivity contribution >= 4 is 15.9 Å². The summed E-state index contributed by atoms with van der Waals surface area (Å²) in [7, 11) is 0. The zero-order valence-corrected chi connectivity index (χ0v) is 11.1. The molecule has 0 amide bonds. The third-order valence-electron chi connectivity index (χ3n) is 2.65. The molecule has 1 atom stereocenters. The van der Waals surface area contributed by atoms with Crippen molar-refractivity contribution in [3.05, 3.63) is 70.3 Å². The van der Waals surface area contributed by atoms with Gasteiger partial charge in [0.25, 0.3) is 0 Å². The second-order valence-corrected chi connectivity index (χ2v) is 4.83. The molecular weight excluding hydrogens is 350 g/mol. The van der Waals surface area contributed by atoms with E-state index in [9.17, 15) is 26.3 Å². The number of halogens is 7. The molecule has 2 aromatic rings. The topological polar surface area (TPSA) is 0 Å². The maximum atomic E-state index is 13.6. The number of rotatable bonds is 2. The van der Waals surface area contributed by atoms with E-state index in [2.05, 4.69) is 15.9 Å². The average Bonchev–Trinajstić information content (AvgIpc) is 2.40. The van der Waals surface area contributed by atoms with Crippen molar-refractivity contribution in [2.24, 2.45) is 0 Å². The summed E-state index contributed by atoms with van der Waals surface area (Å²) in [6, 6.07) is 2.34. The van der Waals surface area contributed by atoms with Gasteiger partial charge in [-0.05, 0) is 12.1 Å². The van der Waals surface area contributed by atoms with E-state index >= 15 is 0 Å². The largest absolute Gasteiger partial charge is 0.207 e. The highest BCUT2D eigenvalue weighted by atomic mass is 79.9. The van der Waals surface area contributed by atoms with Crippen LogP contribution < -0.4 is 0 Å². The molecular formula is C13H5BrF6. The van der Waals surface area contributed by atoms with Gasteiger partial charge in [0, 0.05) is 17.2 Å². The summed E-state index contributed by atoms with van der Waals surface area (Å²) in [6.07, 6.45) is 0. The van der Waals surface area contributed by atoms with Crippen molar-refractivity contribution in [3.63, 3.8) is 0 Å². The predicted octanol–water partition coefficient (Wildman–Crippen LogP) is 5.01. The molecule has 0 saturated heterocycles. The van der Waals surface area contributed by atoms with Crippen molar-refractivity contribution in [2.45, 2.75) is 4.83 Å². The molecule has 0 heterocycles. The van der Waals surface area contributed by atoms with Crippen LogP contribution in [0.2, 0.25) is 0 Å². The summed E-state index contributed by atoms with van der Waals surface area (Å²) >= 11 is 2.85. The van der Waals surface area contributed by atoms with Crippen molar-refractivity contribution < 1.29 is 26.3 Å². The molecule has 2 aromatic carbocycles. The third kappa shape index (κ3) is 2.54. The molecule has 0 N–H and O–H groups in total. The Kier molecular flexibility index (Phi) is 4.08. The van der Waals surface area contributed by atoms with E-state index in [1.54, 1.807) is 0 Å². The van der Waals surface area contributed by atoms with Crippen molar-refractivity contribution in [1.82, 2.24) is 0 Å². The minimum Gasteiger partial charge on any atom is -0.207 e. The Morgan fingerprint density at radius 1 is 0.650 bits per heavy atom. The van der Waals surface area contributed by atoms with E-state index in [0.29, 0.717) is 12.1 Å². The molecule has 0 radical (unpaired) electrons. The highest BCUT2D eigenvalue weighted by molar-refractivity contribution is 9.09. The van der Waals surface area contributed by atoms with Crippen LogP contribution >= 0.6 is 15.9 Å². The van der Waals surface area contributed by atoms with Gasteiger partial charge < -0.3 is 0 Å². The Morgan fingerprint density at radius 3 is 1.90 bits per heavy atom. The fourth-order valence-corrected chi connectivity index (χ4v) is 2.34. The first kappa shape index (κ1) is 14.9. The quantitative estimate of drug-likeness (QED) is 0.308. The standard InChI is InChI=1S/C13H5BrF6/c14-11(5-1-2-7(15)13(20)12(5)19)6-3-9(17)10(18)4-8(6)16/h1-4,11H. The SMILES string of the molecule is Fc1cc(F)c(C(Br)c2ccc(F)c(F)c2F)cc1F. The highest BCUT2D eigenvalue weighted by Crippen LogP contribution is 2.35. The predicted molar refractivity (Wildman–Crippen MR) is 63.4 cm³/mol. The summed E-state index contributed by atoms with van der Waals surface area (Å²) in [6.45, 7) is 0. The average molecular weight is 355 g/mol. The molecule has 0 aliphatic rings. The van der Waals surface area contributed by atoms with E-state index in [0.717, 1.165) is 6.07 Å². The zero-order valence-electron chi connectivity index (χ0n) is 9.53. The van der Waals surface area contributed by atoms with Gasteiger partial charge in [0.05, 0.1) is 4.83 Å². The Balaban J connectivity index is 2.55. The smallest absolute Gasteiger partial charge is 0.194 e. The van der Waals surface area contributed by atoms with E-state index in [4.69, 9.17) is 0 Å². The Morgan fingerprint density at radius 2 is 1.25 bits per heavy atom. The maximum absolute atomic E-state index is 13.6. The van der Waals surface area contributed by atoms with Crippen LogP contribution in [-0.2, 0) is 0 Å². The Bertz CT molecular complexity index is 668. The van der Waals surface area contributed by atoms with Crippen molar-refractivity contribution in [3.8, 4) is 0 Å². The van der Waals surface area contributed by atoms with Crippen molar-refractivity contribution in [1.29, 1.82) is 0 Å². The fourth-order valence-electron chi connectivity index (χ4n) is 1.64. The summed E-state index contributed by atoms with van der Waals surface area (Å²) in [5.41, 5.74) is -0.873. The number of benzene rings is 2. The molecule has 0 aliphatic heterocycles. The molecule has 2 rings (SSSR count). The molecule has 1 unspecified atom stereocenters. The lowest BCUT2D eigenvalue weighted by atomic mass is 10.0. The van der Waals surface area contributed by atoms with Gasteiger partial charge in [-0.25, -0.2) is 26.3 Å². The van der Waals surface area contributed by atoms with Gasteiger partial charge in [0.2, 0.25) is 0 Å². The molecule has 0 aliphatic carbocycles. The van der Waals surface area contributed by atoms with E-state index in [1.807, 2.05) is 0 Å². The molecule has 0 bridgehead atoms. The minimum atomic E-state index is -1.73. The maximum Gasteiger partial charge on any atom is 0.194 e. The van der Waals surface area contributed by atoms with Gasteiger partial charge in [-0.3, -0.25) is 0 Å². The summed E-state index contributed by atoms with van der Waals surface area (Å²) in [4.78, 5) is -1.30. The molecule has 106 valence electrons. The first-order valence-electron chi connectivity index (χ1n) is 5.24. The van der Waals surface area contributed by atoms with E-state index in [1.165, 1.54) is 0 Å². The molecule has 0 nitrogen and oxygen atoms in total. The monoisotopic (exact) mass is 354 g/mol. The Labute approximate surface area is 118 Å². The minimum absolute atomic E-state index is 0.288. The second-order valence-electron chi connectivity index (χ2n) is 3.91. The first-order valence-corrected chi connectivity index (χ1v) is 6.16. The second kappa shape index (κ2) is 5.47. The molecule has 20 heavy (non-hydrogen) atoms. The number of hydrogen-bond donors (Lipinski definition) is 0. The van der Waals surface area contributed by atoms with Crippen LogP contribution in [0.4, 0.5) is 26.3 Å². The van der Waals surface area contributed by atoms with Gasteiger partial charge in [0.1, 0.15) is 5.82 Å². The van der Waals surface area contributed by atoms with Crippen molar-refractivity contribution in [2.75, 3.05) is 0 Å². The van der Waals surface area contributed by atoms with Crippen LogP contribution in [0.5, 0.6) is 0 Å². The summed E-state index contributed by atoms with van der Waals surface area (Å²) in [5, 5.41) is 0. The lowest BCUT2D eigenvalue weighted by Crippen LogP contribution is -2.04. The highest BCUT2D eigenvalue weighted by Gasteiger charge is 2.24. The summed E-state index contributed by atoms with van der Waals surface area (Å²) in [5.74, 6) is -8.55. The van der Waals surface area contributed by atoms with Crippen LogP contribution in [-0.4, -0.2) is 0 Å². The van der Waals surface area contributed by atoms with Crippen LogP contribution in [0, 0.1) is 34.9 Å². The normalized spacial score (nSPS) is 12.6. The first-order chi connectivity index (χ1) is 9.32. The lowest BCUT2D eigenvalue weighted by molar-refractivity contribution is 0.441. The third-order valence-corrected chi connectivity index (χ3v) is 3.64. The zero-order chi connectivity index (χ0) is 15.0. The van der Waals surface area contributed by atoms with Crippen LogP contribution in [0.3, 0.4) is 0 Å². The van der Waals surface area contributed by atoms with Gasteiger partial charge in [-0.15, -0.1) is 0 Å². The molecule has 0 saturated carbocycles. The molecule has 0 fully saturated rings. The van der Waals surface area contributed by atoms with Gasteiger partial charge in [0.15, 0.2) is 29.1 Å². The van der Waals surface area contributed by atoms with Gasteiger partial charge in [-0.1, -0.05) is 22.0 Å². The van der Waals surface area contributed by atoms with Crippen LogP contribution in [0.15, 0.2) is 24.3 Å². The molecule has 0 spiro atoms. The van der Waals surface area contributed by atoms with E-state index in [-0.39, 0.29) is 6.07 Å².